The number of hydrogen-bond acceptors (Lipinski definition) is 9. The second-order valence-electron chi connectivity index (χ2n) is 9.68. The van der Waals surface area contributed by atoms with Crippen LogP contribution in [-0.2, 0) is 14.0 Å². The lowest BCUT2D eigenvalue weighted by Crippen LogP contribution is -2.49. The summed E-state index contributed by atoms with van der Waals surface area (Å²) >= 11 is 0. The Morgan fingerprint density at radius 3 is 2.76 bits per heavy atom. The summed E-state index contributed by atoms with van der Waals surface area (Å²) in [7, 11) is 0.707. The lowest BCUT2D eigenvalue weighted by atomic mass is 9.73. The first-order valence-corrected chi connectivity index (χ1v) is 11.5. The second-order valence-corrected chi connectivity index (χ2v) is 9.68. The summed E-state index contributed by atoms with van der Waals surface area (Å²) in [6, 6.07) is 7.77. The number of nitrogens with zero attached hydrogens (tertiary/aromatic N) is 3. The van der Waals surface area contributed by atoms with Gasteiger partial charge in [-0.25, -0.2) is 9.78 Å². The monoisotopic (exact) mass is 463 g/mol. The SMILES string of the molecule is COC(=O)c1cc(Nc2ncc(C)c(NC3CCCC3C#N)n2)ccc1B1OCC(C)(C)CO1. The molecule has 2 aromatic rings. The minimum Gasteiger partial charge on any atom is -0.465 e. The highest BCUT2D eigenvalue weighted by atomic mass is 16.6. The molecule has 1 saturated carbocycles. The molecule has 1 aromatic heterocycles. The highest BCUT2D eigenvalue weighted by Gasteiger charge is 2.36. The molecular weight excluding hydrogens is 433 g/mol. The van der Waals surface area contributed by atoms with E-state index >= 15 is 0 Å². The van der Waals surface area contributed by atoms with Crippen LogP contribution in [0.1, 0.15) is 49.0 Å². The van der Waals surface area contributed by atoms with Gasteiger partial charge in [-0.15, -0.1) is 0 Å². The van der Waals surface area contributed by atoms with Gasteiger partial charge in [0.1, 0.15) is 5.82 Å². The molecular formula is C24H30BN5O4. The summed E-state index contributed by atoms with van der Waals surface area (Å²) in [5.41, 5.74) is 2.42. The minimum absolute atomic E-state index is 0.0178. The number of rotatable bonds is 6. The van der Waals surface area contributed by atoms with Crippen LogP contribution in [0.5, 0.6) is 0 Å². The Morgan fingerprint density at radius 1 is 1.29 bits per heavy atom. The van der Waals surface area contributed by atoms with E-state index < -0.39 is 13.1 Å². The van der Waals surface area contributed by atoms with Gasteiger partial charge in [0, 0.05) is 42.1 Å². The maximum absolute atomic E-state index is 12.5. The van der Waals surface area contributed by atoms with Gasteiger partial charge in [-0.1, -0.05) is 19.9 Å². The molecule has 178 valence electrons. The number of nitrogens with one attached hydrogen (secondary N) is 2. The molecule has 2 aliphatic rings. The summed E-state index contributed by atoms with van der Waals surface area (Å²) in [5.74, 6) is 0.582. The van der Waals surface area contributed by atoms with Crippen molar-refractivity contribution in [3.63, 3.8) is 0 Å². The van der Waals surface area contributed by atoms with Crippen LogP contribution >= 0.6 is 0 Å². The number of carbonyl (C=O) groups is 1. The van der Waals surface area contributed by atoms with Gasteiger partial charge in [-0.3, -0.25) is 0 Å². The third-order valence-electron chi connectivity index (χ3n) is 6.20. The van der Waals surface area contributed by atoms with Crippen molar-refractivity contribution in [2.75, 3.05) is 31.0 Å². The van der Waals surface area contributed by atoms with Gasteiger partial charge in [0.05, 0.1) is 24.7 Å². The Hall–Kier alpha value is -3.16. The first-order chi connectivity index (χ1) is 16.3. The molecule has 0 radical (unpaired) electrons. The van der Waals surface area contributed by atoms with Crippen molar-refractivity contribution in [2.45, 2.75) is 46.1 Å². The lowest BCUT2D eigenvalue weighted by molar-refractivity contribution is 0.0340. The fourth-order valence-corrected chi connectivity index (χ4v) is 4.24. The summed E-state index contributed by atoms with van der Waals surface area (Å²) in [6.45, 7) is 7.11. The number of ether oxygens (including phenoxy) is 1. The third kappa shape index (κ3) is 5.32. The maximum atomic E-state index is 12.5. The molecule has 2 heterocycles. The molecule has 2 N–H and O–H groups in total. The highest BCUT2D eigenvalue weighted by Crippen LogP contribution is 2.29. The van der Waals surface area contributed by atoms with E-state index in [1.54, 1.807) is 18.3 Å². The van der Waals surface area contributed by atoms with Crippen molar-refractivity contribution in [3.05, 3.63) is 35.5 Å². The van der Waals surface area contributed by atoms with Gasteiger partial charge < -0.3 is 24.7 Å². The highest BCUT2D eigenvalue weighted by molar-refractivity contribution is 6.63. The quantitative estimate of drug-likeness (QED) is 0.492. The number of aryl methyl sites for hydroxylation is 1. The Kier molecular flexibility index (Phi) is 7.05. The number of hydrogen-bond donors (Lipinski definition) is 2. The number of carbonyl (C=O) groups excluding carboxylic acids is 1. The Labute approximate surface area is 200 Å². The molecule has 1 aliphatic heterocycles. The van der Waals surface area contributed by atoms with Crippen LogP contribution in [0.25, 0.3) is 0 Å². The van der Waals surface area contributed by atoms with Crippen molar-refractivity contribution >= 4 is 36.0 Å². The molecule has 0 spiro atoms. The maximum Gasteiger partial charge on any atom is 0.494 e. The van der Waals surface area contributed by atoms with Crippen molar-refractivity contribution < 1.29 is 18.8 Å². The Balaban J connectivity index is 1.55. The summed E-state index contributed by atoms with van der Waals surface area (Å²) in [4.78, 5) is 21.5. The van der Waals surface area contributed by atoms with Crippen LogP contribution in [0.15, 0.2) is 24.4 Å². The average Bonchev–Trinajstić information content (AvgIpc) is 3.28. The smallest absolute Gasteiger partial charge is 0.465 e. The molecule has 2 unspecified atom stereocenters. The number of nitriles is 1. The molecule has 10 heteroatoms. The largest absolute Gasteiger partial charge is 0.494 e. The molecule has 34 heavy (non-hydrogen) atoms. The number of methoxy groups -OCH3 is 1. The van der Waals surface area contributed by atoms with Crippen LogP contribution in [0.2, 0.25) is 0 Å². The second kappa shape index (κ2) is 9.99. The number of esters is 1. The van der Waals surface area contributed by atoms with Gasteiger partial charge in [0.15, 0.2) is 0 Å². The van der Waals surface area contributed by atoms with E-state index in [1.807, 2.05) is 13.0 Å². The molecule has 1 saturated heterocycles. The van der Waals surface area contributed by atoms with Gasteiger partial charge in [-0.2, -0.15) is 10.2 Å². The number of aromatic nitrogens is 2. The van der Waals surface area contributed by atoms with E-state index in [4.69, 9.17) is 14.0 Å². The molecule has 1 aliphatic carbocycles. The van der Waals surface area contributed by atoms with E-state index in [2.05, 4.69) is 40.5 Å². The van der Waals surface area contributed by atoms with Gasteiger partial charge in [-0.05, 0) is 43.8 Å². The fourth-order valence-electron chi connectivity index (χ4n) is 4.24. The van der Waals surface area contributed by atoms with E-state index in [9.17, 15) is 10.1 Å². The number of anilines is 3. The van der Waals surface area contributed by atoms with Crippen LogP contribution < -0.4 is 16.1 Å². The molecule has 2 atom stereocenters. The zero-order valence-electron chi connectivity index (χ0n) is 20.1. The Morgan fingerprint density at radius 2 is 2.06 bits per heavy atom. The first kappa shape index (κ1) is 24.0. The molecule has 0 amide bonds. The summed E-state index contributed by atoms with van der Waals surface area (Å²) < 4.78 is 16.8. The van der Waals surface area contributed by atoms with E-state index in [0.717, 1.165) is 24.8 Å². The van der Waals surface area contributed by atoms with E-state index in [-0.39, 0.29) is 17.4 Å². The minimum atomic E-state index is -0.637. The predicted octanol–water partition coefficient (Wildman–Crippen LogP) is 3.19. The standard InChI is InChI=1S/C24H30BN5O4/c1-15-12-27-23(30-21(15)29-20-7-5-6-16(20)11-26)28-17-8-9-19(18(10-17)22(31)32-4)25-33-13-24(2,3)14-34-25/h8-10,12,16,20H,5-7,13-14H2,1-4H3,(H2,27,28,29,30). The summed E-state index contributed by atoms with van der Waals surface area (Å²) in [5, 5.41) is 16.0. The topological polar surface area (TPSA) is 118 Å². The predicted molar refractivity (Wildman–Crippen MR) is 129 cm³/mol. The average molecular weight is 463 g/mol. The Bertz CT molecular complexity index is 1090. The van der Waals surface area contributed by atoms with Crippen molar-refractivity contribution in [1.82, 2.24) is 9.97 Å². The van der Waals surface area contributed by atoms with Crippen LogP contribution in [0.4, 0.5) is 17.5 Å². The van der Waals surface area contributed by atoms with E-state index in [0.29, 0.717) is 41.7 Å². The van der Waals surface area contributed by atoms with Crippen molar-refractivity contribution in [2.24, 2.45) is 11.3 Å². The molecule has 4 rings (SSSR count). The van der Waals surface area contributed by atoms with Gasteiger partial charge in [0.25, 0.3) is 0 Å². The molecule has 1 aromatic carbocycles. The van der Waals surface area contributed by atoms with Gasteiger partial charge >= 0.3 is 13.1 Å². The zero-order chi connectivity index (χ0) is 24.3. The molecule has 0 bridgehead atoms. The number of benzene rings is 1. The zero-order valence-corrected chi connectivity index (χ0v) is 20.1. The van der Waals surface area contributed by atoms with E-state index in [1.165, 1.54) is 7.11 Å². The van der Waals surface area contributed by atoms with Crippen molar-refractivity contribution in [3.8, 4) is 6.07 Å². The fraction of sp³-hybridized carbons (Fsp3) is 0.500. The normalized spacial score (nSPS) is 21.6. The third-order valence-corrected chi connectivity index (χ3v) is 6.20. The first-order valence-electron chi connectivity index (χ1n) is 11.5. The lowest BCUT2D eigenvalue weighted by Gasteiger charge is -2.33. The van der Waals surface area contributed by atoms with Gasteiger partial charge in [0.2, 0.25) is 5.95 Å². The van der Waals surface area contributed by atoms with Crippen molar-refractivity contribution in [1.29, 1.82) is 5.26 Å². The summed E-state index contributed by atoms with van der Waals surface area (Å²) in [6.07, 6.45) is 4.60. The molecule has 2 fully saturated rings. The van der Waals surface area contributed by atoms with Crippen LogP contribution in [0, 0.1) is 29.6 Å². The van der Waals surface area contributed by atoms with Crippen LogP contribution in [0.3, 0.4) is 0 Å². The molecule has 9 nitrogen and oxygen atoms in total. The van der Waals surface area contributed by atoms with Crippen LogP contribution in [-0.4, -0.2) is 49.4 Å².